The molecule has 0 aliphatic rings. The molecule has 2 N–H and O–H groups in total. The molecule has 0 spiro atoms. The summed E-state index contributed by atoms with van der Waals surface area (Å²) in [5, 5.41) is 13.1. The quantitative estimate of drug-likeness (QED) is 0.815. The predicted octanol–water partition coefficient (Wildman–Crippen LogP) is 2.08. The van der Waals surface area contributed by atoms with Gasteiger partial charge in [0.05, 0.1) is 11.4 Å². The lowest BCUT2D eigenvalue weighted by Crippen LogP contribution is -2.04. The van der Waals surface area contributed by atoms with Gasteiger partial charge < -0.3 is 5.73 Å². The third-order valence-corrected chi connectivity index (χ3v) is 2.59. The predicted molar refractivity (Wildman–Crippen MR) is 62.1 cm³/mol. The molecule has 1 heterocycles. The van der Waals surface area contributed by atoms with Gasteiger partial charge in [-0.3, -0.25) is 0 Å². The number of aryl methyl sites for hydroxylation is 2. The molecule has 0 aliphatic carbocycles. The van der Waals surface area contributed by atoms with Crippen LogP contribution >= 0.6 is 0 Å². The topological polar surface area (TPSA) is 67.6 Å². The number of nitrogens with zero attached hydrogens (tertiary/aromatic N) is 3. The summed E-state index contributed by atoms with van der Waals surface area (Å²) in [4.78, 5) is 0. The van der Waals surface area contributed by atoms with Gasteiger partial charge >= 0.3 is 0 Å². The van der Waals surface area contributed by atoms with Gasteiger partial charge in [0, 0.05) is 0 Å². The Kier molecular flexibility index (Phi) is 2.56. The molecule has 0 amide bonds. The summed E-state index contributed by atoms with van der Waals surface area (Å²) in [5.74, 6) is -0.0334. The van der Waals surface area contributed by atoms with E-state index < -0.39 is 0 Å². The van der Waals surface area contributed by atoms with Gasteiger partial charge in [0.15, 0.2) is 0 Å². The molecule has 86 valence electrons. The van der Waals surface area contributed by atoms with Crippen LogP contribution in [0.4, 0.5) is 10.2 Å². The lowest BCUT2D eigenvalue weighted by Gasteiger charge is -2.07. The molecule has 0 atom stereocenters. The lowest BCUT2D eigenvalue weighted by atomic mass is 10.2. The van der Waals surface area contributed by atoms with Crippen LogP contribution in [0.1, 0.15) is 16.8 Å². The van der Waals surface area contributed by atoms with Crippen molar-refractivity contribution in [3.05, 3.63) is 40.8 Å². The molecule has 0 saturated heterocycles. The third-order valence-electron chi connectivity index (χ3n) is 2.59. The van der Waals surface area contributed by atoms with Gasteiger partial charge in [0.2, 0.25) is 0 Å². The fourth-order valence-electron chi connectivity index (χ4n) is 1.72. The molecule has 17 heavy (non-hydrogen) atoms. The smallest absolute Gasteiger partial charge is 0.145 e. The minimum absolute atomic E-state index is 0.278. The number of benzene rings is 1. The Bertz CT molecular complexity index is 622. The zero-order chi connectivity index (χ0) is 12.6. The Morgan fingerprint density at radius 2 is 2.12 bits per heavy atom. The van der Waals surface area contributed by atoms with E-state index in [2.05, 4.69) is 5.10 Å². The summed E-state index contributed by atoms with van der Waals surface area (Å²) in [6.07, 6.45) is 0. The number of nitrogens with two attached hydrogens (primary N) is 1. The minimum Gasteiger partial charge on any atom is -0.382 e. The van der Waals surface area contributed by atoms with Crippen molar-refractivity contribution in [3.8, 4) is 11.8 Å². The molecule has 5 heteroatoms. The summed E-state index contributed by atoms with van der Waals surface area (Å²) < 4.78 is 14.5. The van der Waals surface area contributed by atoms with Crippen LogP contribution in [0.25, 0.3) is 5.69 Å². The Hall–Kier alpha value is -2.35. The highest BCUT2D eigenvalue weighted by molar-refractivity contribution is 5.57. The summed E-state index contributed by atoms with van der Waals surface area (Å²) in [7, 11) is 0. The van der Waals surface area contributed by atoms with Crippen molar-refractivity contribution < 1.29 is 4.39 Å². The maximum Gasteiger partial charge on any atom is 0.145 e. The molecule has 0 radical (unpaired) electrons. The molecular formula is C12H11FN4. The van der Waals surface area contributed by atoms with E-state index in [9.17, 15) is 4.39 Å². The molecule has 1 aromatic heterocycles. The second-order valence-electron chi connectivity index (χ2n) is 3.80. The zero-order valence-electron chi connectivity index (χ0n) is 9.53. The zero-order valence-corrected chi connectivity index (χ0v) is 9.53. The van der Waals surface area contributed by atoms with E-state index in [1.165, 1.54) is 16.8 Å². The molecule has 1 aromatic carbocycles. The van der Waals surface area contributed by atoms with Crippen molar-refractivity contribution in [2.24, 2.45) is 0 Å². The first-order valence-electron chi connectivity index (χ1n) is 5.06. The van der Waals surface area contributed by atoms with E-state index in [0.717, 1.165) is 0 Å². The van der Waals surface area contributed by atoms with Crippen molar-refractivity contribution in [2.45, 2.75) is 13.8 Å². The van der Waals surface area contributed by atoms with Crippen molar-refractivity contribution >= 4 is 5.82 Å². The van der Waals surface area contributed by atoms with E-state index in [1.54, 1.807) is 19.9 Å². The maximum absolute atomic E-state index is 13.0. The highest BCUT2D eigenvalue weighted by atomic mass is 19.1. The first kappa shape index (κ1) is 11.1. The number of hydrogen-bond donors (Lipinski definition) is 1. The molecule has 0 saturated carbocycles. The fourth-order valence-corrected chi connectivity index (χ4v) is 1.72. The number of halogens is 1. The van der Waals surface area contributed by atoms with Crippen LogP contribution in [0.5, 0.6) is 0 Å². The first-order chi connectivity index (χ1) is 8.04. The molecule has 4 nitrogen and oxygen atoms in total. The number of aromatic nitrogens is 2. The first-order valence-corrected chi connectivity index (χ1v) is 5.06. The summed E-state index contributed by atoms with van der Waals surface area (Å²) in [6.45, 7) is 3.48. The van der Waals surface area contributed by atoms with E-state index >= 15 is 0 Å². The summed E-state index contributed by atoms with van der Waals surface area (Å²) >= 11 is 0. The van der Waals surface area contributed by atoms with Gasteiger partial charge in [-0.05, 0) is 37.6 Å². The fraction of sp³-hybridized carbons (Fsp3) is 0.167. The monoisotopic (exact) mass is 230 g/mol. The molecule has 0 aliphatic heterocycles. The second kappa shape index (κ2) is 3.91. The average Bonchev–Trinajstić information content (AvgIpc) is 2.54. The van der Waals surface area contributed by atoms with Crippen LogP contribution in [0, 0.1) is 31.0 Å². The van der Waals surface area contributed by atoms with Crippen LogP contribution in [0.15, 0.2) is 18.2 Å². The normalized spacial score (nSPS) is 10.2. The Labute approximate surface area is 98.1 Å². The van der Waals surface area contributed by atoms with Gasteiger partial charge in [-0.2, -0.15) is 10.4 Å². The largest absolute Gasteiger partial charge is 0.382 e. The summed E-state index contributed by atoms with van der Waals surface area (Å²) in [5.41, 5.74) is 8.14. The standard InChI is InChI=1S/C12H11FN4/c1-7-5-9(13)3-4-11(7)17-12(15)10(6-14)8(2)16-17/h3-5H,15H2,1-2H3. The van der Waals surface area contributed by atoms with Gasteiger partial charge in [0.25, 0.3) is 0 Å². The number of anilines is 1. The maximum atomic E-state index is 13.0. The number of rotatable bonds is 1. The molecule has 2 rings (SSSR count). The molecule has 0 bridgehead atoms. The van der Waals surface area contributed by atoms with Crippen molar-refractivity contribution in [1.82, 2.24) is 9.78 Å². The van der Waals surface area contributed by atoms with Crippen LogP contribution in [-0.2, 0) is 0 Å². The van der Waals surface area contributed by atoms with Gasteiger partial charge in [0.1, 0.15) is 23.3 Å². The van der Waals surface area contributed by atoms with Gasteiger partial charge in [-0.1, -0.05) is 0 Å². The third kappa shape index (κ3) is 1.74. The molecule has 2 aromatic rings. The van der Waals surface area contributed by atoms with E-state index in [0.29, 0.717) is 22.5 Å². The van der Waals surface area contributed by atoms with Crippen LogP contribution in [-0.4, -0.2) is 9.78 Å². The van der Waals surface area contributed by atoms with Gasteiger partial charge in [-0.15, -0.1) is 0 Å². The lowest BCUT2D eigenvalue weighted by molar-refractivity contribution is 0.625. The molecule has 0 unspecified atom stereocenters. The van der Waals surface area contributed by atoms with E-state index in [4.69, 9.17) is 11.0 Å². The van der Waals surface area contributed by atoms with Crippen LogP contribution in [0.2, 0.25) is 0 Å². The number of hydrogen-bond acceptors (Lipinski definition) is 3. The van der Waals surface area contributed by atoms with Crippen molar-refractivity contribution in [3.63, 3.8) is 0 Å². The van der Waals surface area contributed by atoms with Crippen molar-refractivity contribution in [2.75, 3.05) is 5.73 Å². The second-order valence-corrected chi connectivity index (χ2v) is 3.80. The number of nitrogen functional groups attached to an aromatic ring is 1. The van der Waals surface area contributed by atoms with Gasteiger partial charge in [-0.25, -0.2) is 9.07 Å². The summed E-state index contributed by atoms with van der Waals surface area (Å²) in [6, 6.07) is 6.33. The van der Waals surface area contributed by atoms with E-state index in [1.807, 2.05) is 6.07 Å². The Balaban J connectivity index is 2.66. The Morgan fingerprint density at radius 3 is 2.65 bits per heavy atom. The van der Waals surface area contributed by atoms with E-state index in [-0.39, 0.29) is 11.6 Å². The molecular weight excluding hydrogens is 219 g/mol. The van der Waals surface area contributed by atoms with Crippen LogP contribution < -0.4 is 5.73 Å². The van der Waals surface area contributed by atoms with Crippen molar-refractivity contribution in [1.29, 1.82) is 5.26 Å². The highest BCUT2D eigenvalue weighted by Gasteiger charge is 2.14. The SMILES string of the molecule is Cc1cc(F)ccc1-n1nc(C)c(C#N)c1N. The minimum atomic E-state index is -0.311. The molecule has 0 fully saturated rings. The Morgan fingerprint density at radius 1 is 1.41 bits per heavy atom. The average molecular weight is 230 g/mol. The number of nitriles is 1. The highest BCUT2D eigenvalue weighted by Crippen LogP contribution is 2.22. The van der Waals surface area contributed by atoms with Crippen LogP contribution in [0.3, 0.4) is 0 Å².